The molecule has 2 fully saturated rings. The molecule has 5 nitrogen and oxygen atoms in total. The molecule has 0 unspecified atom stereocenters. The number of aliphatic carboxylic acids is 1. The van der Waals surface area contributed by atoms with Crippen molar-refractivity contribution in [3.05, 3.63) is 0 Å². The van der Waals surface area contributed by atoms with E-state index in [1.54, 1.807) is 0 Å². The highest BCUT2D eigenvalue weighted by Crippen LogP contribution is 2.40. The lowest BCUT2D eigenvalue weighted by atomic mass is 9.69. The predicted molar refractivity (Wildman–Crippen MR) is 128 cm³/mol. The average Bonchev–Trinajstić information content (AvgIpc) is 2.97. The first-order valence-corrected chi connectivity index (χ1v) is 12.7. The fourth-order valence-corrected chi connectivity index (χ4v) is 4.91. The summed E-state index contributed by atoms with van der Waals surface area (Å²) in [7, 11) is 0. The Morgan fingerprint density at radius 1 is 1.03 bits per heavy atom. The second-order valence-electron chi connectivity index (χ2n) is 10.2. The smallest absolute Gasteiger partial charge is 0.323 e. The molecule has 0 atom stereocenters. The van der Waals surface area contributed by atoms with Gasteiger partial charge in [0, 0.05) is 19.1 Å². The lowest BCUT2D eigenvalue weighted by Gasteiger charge is -2.39. The molecule has 0 saturated heterocycles. The number of hydrogen-bond donors (Lipinski definition) is 3. The number of rotatable bonds is 9. The van der Waals surface area contributed by atoms with Crippen molar-refractivity contribution in [1.82, 2.24) is 10.2 Å². The third kappa shape index (κ3) is 9.23. The van der Waals surface area contributed by atoms with Crippen LogP contribution in [0.1, 0.15) is 105 Å². The summed E-state index contributed by atoms with van der Waals surface area (Å²) < 4.78 is 0. The van der Waals surface area contributed by atoms with Crippen molar-refractivity contribution in [2.75, 3.05) is 26.2 Å². The molecule has 0 heterocycles. The summed E-state index contributed by atoms with van der Waals surface area (Å²) >= 11 is 0. The minimum atomic E-state index is -0.920. The van der Waals surface area contributed by atoms with Crippen LogP contribution in [0.2, 0.25) is 0 Å². The Hall–Kier alpha value is -0.650. The molecule has 2 saturated carbocycles. The molecule has 2 rings (SSSR count). The fraction of sp³-hybridized carbons (Fsp3) is 0.960. The molecule has 178 valence electrons. The van der Waals surface area contributed by atoms with Gasteiger partial charge in [0.15, 0.2) is 0 Å². The lowest BCUT2D eigenvalue weighted by molar-refractivity contribution is -0.143. The molecule has 0 aromatic rings. The van der Waals surface area contributed by atoms with Gasteiger partial charge in [0.05, 0.1) is 0 Å². The number of carboxylic acids is 1. The Kier molecular flexibility index (Phi) is 12.5. The zero-order valence-electron chi connectivity index (χ0n) is 20.6. The highest BCUT2D eigenvalue weighted by atomic mass is 16.4. The third-order valence-electron chi connectivity index (χ3n) is 7.92. The highest BCUT2D eigenvalue weighted by Gasteiger charge is 2.34. The van der Waals surface area contributed by atoms with Gasteiger partial charge in [-0.05, 0) is 62.9 Å². The minimum Gasteiger partial charge on any atom is -0.480 e. The first-order chi connectivity index (χ1) is 14.2. The van der Waals surface area contributed by atoms with Crippen molar-refractivity contribution >= 4 is 5.97 Å². The molecule has 0 aromatic carbocycles. The number of carbonyl (C=O) groups is 1. The van der Waals surface area contributed by atoms with Crippen LogP contribution in [-0.2, 0) is 4.79 Å². The van der Waals surface area contributed by atoms with E-state index in [4.69, 9.17) is 10.8 Å². The zero-order valence-corrected chi connectivity index (χ0v) is 20.6. The number of nitrogens with one attached hydrogen (secondary N) is 1. The van der Waals surface area contributed by atoms with Crippen LogP contribution in [0.25, 0.3) is 0 Å². The summed E-state index contributed by atoms with van der Waals surface area (Å²) in [5, 5.41) is 12.6. The summed E-state index contributed by atoms with van der Waals surface area (Å²) in [5.74, 6) is 0.109. The highest BCUT2D eigenvalue weighted by molar-refractivity contribution is 5.78. The van der Waals surface area contributed by atoms with Gasteiger partial charge in [0.25, 0.3) is 0 Å². The van der Waals surface area contributed by atoms with Crippen LogP contribution in [0.15, 0.2) is 0 Å². The summed E-state index contributed by atoms with van der Waals surface area (Å²) in [6.07, 6.45) is 12.4. The van der Waals surface area contributed by atoms with E-state index in [2.05, 4.69) is 44.8 Å². The van der Waals surface area contributed by atoms with Crippen molar-refractivity contribution in [1.29, 1.82) is 0 Å². The van der Waals surface area contributed by atoms with E-state index in [1.807, 2.05) is 0 Å². The molecule has 0 spiro atoms. The normalized spacial score (nSPS) is 24.6. The second kappa shape index (κ2) is 13.7. The number of nitrogens with two attached hydrogens (primary N) is 1. The minimum absolute atomic E-state index is 0.548. The maximum absolute atomic E-state index is 10.7. The van der Waals surface area contributed by atoms with E-state index in [1.165, 1.54) is 51.7 Å². The van der Waals surface area contributed by atoms with Crippen LogP contribution >= 0.6 is 0 Å². The molecule has 0 radical (unpaired) electrons. The summed E-state index contributed by atoms with van der Waals surface area (Å²) in [4.78, 5) is 13.2. The first kappa shape index (κ1) is 27.4. The second-order valence-corrected chi connectivity index (χ2v) is 10.2. The zero-order chi connectivity index (χ0) is 22.6. The van der Waals surface area contributed by atoms with Crippen molar-refractivity contribution in [2.45, 2.75) is 117 Å². The van der Waals surface area contributed by atoms with Gasteiger partial charge in [-0.1, -0.05) is 66.7 Å². The number of likely N-dealkylation sites (N-methyl/N-ethyl adjacent to an activating group) is 1. The van der Waals surface area contributed by atoms with Gasteiger partial charge in [0.1, 0.15) is 5.54 Å². The Labute approximate surface area is 186 Å². The molecule has 0 aliphatic heterocycles. The number of carboxylic acid groups (broad SMARTS) is 1. The van der Waals surface area contributed by atoms with Crippen LogP contribution in [-0.4, -0.2) is 53.7 Å². The molecule has 30 heavy (non-hydrogen) atoms. The third-order valence-corrected chi connectivity index (χ3v) is 7.92. The average molecular weight is 426 g/mol. The standard InChI is InChI=1S/C17H36N2.C8H15NO2/c1-6-17(4,5)15-9-11-16(12-10-15)18-13-14-19(7-2)8-3;9-8(7(10)11)5-3-1-2-4-6-8/h15-16,18H,6-14H2,1-5H3;1-6,9H2,(H,10,11). The number of nitrogens with zero attached hydrogens (tertiary/aromatic N) is 1. The summed E-state index contributed by atoms with van der Waals surface area (Å²) in [6, 6.07) is 0.777. The topological polar surface area (TPSA) is 78.6 Å². The van der Waals surface area contributed by atoms with Gasteiger partial charge in [-0.25, -0.2) is 0 Å². The molecular formula is C25H51N3O2. The van der Waals surface area contributed by atoms with Crippen molar-refractivity contribution in [3.63, 3.8) is 0 Å². The molecule has 0 amide bonds. The molecule has 0 aromatic heterocycles. The molecule has 2 aliphatic carbocycles. The molecule has 4 N–H and O–H groups in total. The molecule has 2 aliphatic rings. The van der Waals surface area contributed by atoms with Crippen LogP contribution in [0.3, 0.4) is 0 Å². The SMILES string of the molecule is CCN(CC)CCNC1CCC(C(C)(C)CC)CC1.NC1(C(=O)O)CCCCCC1. The quantitative estimate of drug-likeness (QED) is 0.451. The molecular weight excluding hydrogens is 374 g/mol. The van der Waals surface area contributed by atoms with Gasteiger partial charge < -0.3 is 21.1 Å². The lowest BCUT2D eigenvalue weighted by Crippen LogP contribution is -2.47. The summed E-state index contributed by atoms with van der Waals surface area (Å²) in [6.45, 7) is 16.5. The van der Waals surface area contributed by atoms with E-state index in [9.17, 15) is 4.79 Å². The van der Waals surface area contributed by atoms with E-state index in [0.717, 1.165) is 44.2 Å². The maximum atomic E-state index is 10.7. The van der Waals surface area contributed by atoms with Crippen molar-refractivity contribution < 1.29 is 9.90 Å². The van der Waals surface area contributed by atoms with Crippen LogP contribution in [0.4, 0.5) is 0 Å². The summed E-state index contributed by atoms with van der Waals surface area (Å²) in [5.41, 5.74) is 5.33. The van der Waals surface area contributed by atoms with Gasteiger partial charge >= 0.3 is 5.97 Å². The van der Waals surface area contributed by atoms with E-state index in [-0.39, 0.29) is 0 Å². The largest absolute Gasteiger partial charge is 0.480 e. The van der Waals surface area contributed by atoms with Gasteiger partial charge in [-0.15, -0.1) is 0 Å². The van der Waals surface area contributed by atoms with Crippen molar-refractivity contribution in [2.24, 2.45) is 17.1 Å². The number of hydrogen-bond acceptors (Lipinski definition) is 4. The predicted octanol–water partition coefficient (Wildman–Crippen LogP) is 5.04. The van der Waals surface area contributed by atoms with Crippen molar-refractivity contribution in [3.8, 4) is 0 Å². The van der Waals surface area contributed by atoms with Gasteiger partial charge in [-0.2, -0.15) is 0 Å². The molecule has 0 bridgehead atoms. The van der Waals surface area contributed by atoms with Crippen LogP contribution < -0.4 is 11.1 Å². The Morgan fingerprint density at radius 3 is 2.00 bits per heavy atom. The van der Waals surface area contributed by atoms with E-state index >= 15 is 0 Å². The van der Waals surface area contributed by atoms with Crippen LogP contribution in [0, 0.1) is 11.3 Å². The van der Waals surface area contributed by atoms with Crippen LogP contribution in [0.5, 0.6) is 0 Å². The van der Waals surface area contributed by atoms with Gasteiger partial charge in [0.2, 0.25) is 0 Å². The fourth-order valence-electron chi connectivity index (χ4n) is 4.91. The Morgan fingerprint density at radius 2 is 1.57 bits per heavy atom. The van der Waals surface area contributed by atoms with Gasteiger partial charge in [-0.3, -0.25) is 4.79 Å². The Balaban J connectivity index is 0.000000346. The Bertz CT molecular complexity index is 461. The maximum Gasteiger partial charge on any atom is 0.323 e. The van der Waals surface area contributed by atoms with E-state index in [0.29, 0.717) is 18.3 Å². The molecule has 5 heteroatoms. The monoisotopic (exact) mass is 425 g/mol. The first-order valence-electron chi connectivity index (χ1n) is 12.7. The van der Waals surface area contributed by atoms with E-state index < -0.39 is 11.5 Å².